The van der Waals surface area contributed by atoms with Gasteiger partial charge in [-0.1, -0.05) is 17.7 Å². The molecule has 3 amide bonds. The molecule has 0 aliphatic carbocycles. The SMILES string of the molecule is CC1(C(F)(F)F)NC(=O)N(Cc2c(N)cccc2Cl)C1=O. The van der Waals surface area contributed by atoms with Gasteiger partial charge in [-0.2, -0.15) is 13.2 Å². The Balaban J connectivity index is 2.35. The van der Waals surface area contributed by atoms with Crippen LogP contribution in [0.15, 0.2) is 18.2 Å². The maximum atomic E-state index is 12.9. The summed E-state index contributed by atoms with van der Waals surface area (Å²) in [5.74, 6) is -1.39. The smallest absolute Gasteiger partial charge is 0.398 e. The van der Waals surface area contributed by atoms with Gasteiger partial charge in [0.05, 0.1) is 6.54 Å². The number of alkyl halides is 3. The van der Waals surface area contributed by atoms with Crippen LogP contribution in [0.2, 0.25) is 5.02 Å². The second kappa shape index (κ2) is 4.80. The van der Waals surface area contributed by atoms with Crippen LogP contribution in [0.1, 0.15) is 12.5 Å². The van der Waals surface area contributed by atoms with Crippen LogP contribution in [-0.4, -0.2) is 28.6 Å². The molecule has 5 nitrogen and oxygen atoms in total. The fourth-order valence-corrected chi connectivity index (χ4v) is 2.17. The molecule has 0 spiro atoms. The first-order valence-electron chi connectivity index (χ1n) is 5.81. The summed E-state index contributed by atoms with van der Waals surface area (Å²) in [6, 6.07) is 3.35. The van der Waals surface area contributed by atoms with E-state index in [0.717, 1.165) is 0 Å². The number of benzene rings is 1. The van der Waals surface area contributed by atoms with Gasteiger partial charge in [0.15, 0.2) is 0 Å². The molecule has 1 aliphatic rings. The van der Waals surface area contributed by atoms with Crippen molar-refractivity contribution in [1.82, 2.24) is 10.2 Å². The number of anilines is 1. The summed E-state index contributed by atoms with van der Waals surface area (Å²) < 4.78 is 38.8. The van der Waals surface area contributed by atoms with E-state index in [1.807, 2.05) is 0 Å². The van der Waals surface area contributed by atoms with Crippen molar-refractivity contribution in [3.8, 4) is 0 Å². The lowest BCUT2D eigenvalue weighted by molar-refractivity contribution is -0.191. The molecule has 1 saturated heterocycles. The molecule has 114 valence electrons. The van der Waals surface area contributed by atoms with Crippen molar-refractivity contribution in [2.45, 2.75) is 25.2 Å². The molecule has 21 heavy (non-hydrogen) atoms. The average Bonchev–Trinajstić information content (AvgIpc) is 2.57. The zero-order valence-corrected chi connectivity index (χ0v) is 11.5. The van der Waals surface area contributed by atoms with Gasteiger partial charge < -0.3 is 11.1 Å². The number of halogens is 4. The number of rotatable bonds is 2. The summed E-state index contributed by atoms with van der Waals surface area (Å²) in [6.07, 6.45) is -4.90. The van der Waals surface area contributed by atoms with E-state index in [1.54, 1.807) is 11.4 Å². The second-order valence-electron chi connectivity index (χ2n) is 4.75. The Bertz CT molecular complexity index is 600. The molecule has 0 saturated carbocycles. The molecule has 2 rings (SSSR count). The van der Waals surface area contributed by atoms with Crippen molar-refractivity contribution in [2.75, 3.05) is 5.73 Å². The third-order valence-electron chi connectivity index (χ3n) is 3.31. The number of hydrogen-bond acceptors (Lipinski definition) is 3. The maximum absolute atomic E-state index is 12.9. The quantitative estimate of drug-likeness (QED) is 0.648. The summed E-state index contributed by atoms with van der Waals surface area (Å²) >= 11 is 5.89. The van der Waals surface area contributed by atoms with Gasteiger partial charge in [0.2, 0.25) is 5.54 Å². The highest BCUT2D eigenvalue weighted by Crippen LogP contribution is 2.36. The van der Waals surface area contributed by atoms with Gasteiger partial charge in [0, 0.05) is 16.3 Å². The summed E-state index contributed by atoms with van der Waals surface area (Å²) in [5.41, 5.74) is 3.12. The standard InChI is InChI=1S/C12H11ClF3N3O2/c1-11(12(14,15)16)9(20)19(10(21)18-11)5-6-7(13)3-2-4-8(6)17/h2-4H,5,17H2,1H3,(H,18,21). The first-order valence-corrected chi connectivity index (χ1v) is 6.19. The normalized spacial score (nSPS) is 22.6. The number of nitrogen functional groups attached to an aromatic ring is 1. The molecular weight excluding hydrogens is 311 g/mol. The number of amides is 3. The topological polar surface area (TPSA) is 75.4 Å². The summed E-state index contributed by atoms with van der Waals surface area (Å²) in [5, 5.41) is 1.82. The van der Waals surface area contributed by atoms with E-state index in [9.17, 15) is 22.8 Å². The minimum absolute atomic E-state index is 0.163. The fraction of sp³-hybridized carbons (Fsp3) is 0.333. The highest BCUT2D eigenvalue weighted by molar-refractivity contribution is 6.31. The zero-order valence-electron chi connectivity index (χ0n) is 10.8. The van der Waals surface area contributed by atoms with Gasteiger partial charge in [0.1, 0.15) is 0 Å². The van der Waals surface area contributed by atoms with Crippen LogP contribution in [0.3, 0.4) is 0 Å². The van der Waals surface area contributed by atoms with E-state index in [0.29, 0.717) is 11.8 Å². The highest BCUT2D eigenvalue weighted by atomic mass is 35.5. The maximum Gasteiger partial charge on any atom is 0.420 e. The minimum Gasteiger partial charge on any atom is -0.398 e. The van der Waals surface area contributed by atoms with Crippen LogP contribution in [0.25, 0.3) is 0 Å². The van der Waals surface area contributed by atoms with Crippen molar-refractivity contribution in [3.63, 3.8) is 0 Å². The molecule has 1 aromatic carbocycles. The Morgan fingerprint density at radius 2 is 2.00 bits per heavy atom. The van der Waals surface area contributed by atoms with Crippen LogP contribution in [0.5, 0.6) is 0 Å². The molecule has 9 heteroatoms. The third kappa shape index (κ3) is 2.39. The van der Waals surface area contributed by atoms with E-state index < -0.39 is 30.2 Å². The Morgan fingerprint density at radius 3 is 2.48 bits per heavy atom. The van der Waals surface area contributed by atoms with Crippen molar-refractivity contribution < 1.29 is 22.8 Å². The van der Waals surface area contributed by atoms with Gasteiger partial charge in [-0.05, 0) is 19.1 Å². The lowest BCUT2D eigenvalue weighted by Gasteiger charge is -2.24. The number of nitrogens with one attached hydrogen (secondary N) is 1. The Hall–Kier alpha value is -1.96. The minimum atomic E-state index is -4.90. The lowest BCUT2D eigenvalue weighted by atomic mass is 10.0. The Labute approximate surface area is 122 Å². The van der Waals surface area contributed by atoms with Gasteiger partial charge in [-0.3, -0.25) is 9.69 Å². The van der Waals surface area contributed by atoms with Crippen molar-refractivity contribution in [3.05, 3.63) is 28.8 Å². The van der Waals surface area contributed by atoms with E-state index in [1.165, 1.54) is 12.1 Å². The monoisotopic (exact) mass is 321 g/mol. The molecule has 1 aliphatic heterocycles. The fourth-order valence-electron chi connectivity index (χ4n) is 1.93. The third-order valence-corrected chi connectivity index (χ3v) is 3.67. The molecule has 0 aromatic heterocycles. The number of nitrogens with zero attached hydrogens (tertiary/aromatic N) is 1. The van der Waals surface area contributed by atoms with Crippen molar-refractivity contribution >= 4 is 29.2 Å². The number of nitrogens with two attached hydrogens (primary N) is 1. The number of carbonyl (C=O) groups excluding carboxylic acids is 2. The zero-order chi connectivity index (χ0) is 16.0. The number of urea groups is 1. The van der Waals surface area contributed by atoms with Crippen LogP contribution < -0.4 is 11.1 Å². The van der Waals surface area contributed by atoms with Crippen molar-refractivity contribution in [1.29, 1.82) is 0 Å². The molecule has 1 fully saturated rings. The van der Waals surface area contributed by atoms with Gasteiger partial charge in [-0.25, -0.2) is 4.79 Å². The summed E-state index contributed by atoms with van der Waals surface area (Å²) in [6.45, 7) is 0.186. The molecule has 1 unspecified atom stereocenters. The summed E-state index contributed by atoms with van der Waals surface area (Å²) in [4.78, 5) is 24.1. The highest BCUT2D eigenvalue weighted by Gasteiger charge is 2.64. The molecule has 0 bridgehead atoms. The molecule has 1 heterocycles. The van der Waals surface area contributed by atoms with Crippen molar-refractivity contribution in [2.24, 2.45) is 0 Å². The van der Waals surface area contributed by atoms with Crippen LogP contribution >= 0.6 is 11.6 Å². The van der Waals surface area contributed by atoms with Gasteiger partial charge in [-0.15, -0.1) is 0 Å². The van der Waals surface area contributed by atoms with E-state index >= 15 is 0 Å². The number of hydrogen-bond donors (Lipinski definition) is 2. The Kier molecular flexibility index (Phi) is 3.53. The molecule has 3 N–H and O–H groups in total. The molecule has 1 aromatic rings. The van der Waals surface area contributed by atoms with Gasteiger partial charge in [0.25, 0.3) is 5.91 Å². The molecule has 1 atom stereocenters. The molecular formula is C12H11ClF3N3O2. The lowest BCUT2D eigenvalue weighted by Crippen LogP contribution is -2.56. The predicted molar refractivity (Wildman–Crippen MR) is 69.4 cm³/mol. The summed E-state index contributed by atoms with van der Waals surface area (Å²) in [7, 11) is 0. The average molecular weight is 322 g/mol. The Morgan fingerprint density at radius 1 is 1.38 bits per heavy atom. The number of carbonyl (C=O) groups is 2. The van der Waals surface area contributed by atoms with Gasteiger partial charge >= 0.3 is 12.2 Å². The second-order valence-corrected chi connectivity index (χ2v) is 5.16. The van der Waals surface area contributed by atoms with E-state index in [2.05, 4.69) is 0 Å². The van der Waals surface area contributed by atoms with Crippen LogP contribution in [0, 0.1) is 0 Å². The van der Waals surface area contributed by atoms with Crippen LogP contribution in [-0.2, 0) is 11.3 Å². The first-order chi connectivity index (χ1) is 9.58. The largest absolute Gasteiger partial charge is 0.420 e. The predicted octanol–water partition coefficient (Wildman–Crippen LogP) is 2.29. The first kappa shape index (κ1) is 15.4. The van der Waals surface area contributed by atoms with E-state index in [4.69, 9.17) is 17.3 Å². The number of imide groups is 1. The molecule has 0 radical (unpaired) electrons. The van der Waals surface area contributed by atoms with Crippen LogP contribution in [0.4, 0.5) is 23.7 Å². The van der Waals surface area contributed by atoms with E-state index in [-0.39, 0.29) is 16.3 Å².